The Morgan fingerprint density at radius 2 is 2.19 bits per heavy atom. The topological polar surface area (TPSA) is 30.0 Å². The zero-order valence-electron chi connectivity index (χ0n) is 11.9. The highest BCUT2D eigenvalue weighted by molar-refractivity contribution is 8.24. The van der Waals surface area contributed by atoms with Crippen molar-refractivity contribution in [2.24, 2.45) is 0 Å². The van der Waals surface area contributed by atoms with Crippen molar-refractivity contribution in [2.45, 2.75) is 24.0 Å². The Bertz CT molecular complexity index is 705. The van der Waals surface area contributed by atoms with Crippen molar-refractivity contribution < 1.29 is 4.21 Å². The molecular weight excluding hydrogens is 318 g/mol. The van der Waals surface area contributed by atoms with Crippen LogP contribution in [0.4, 0.5) is 0 Å². The summed E-state index contributed by atoms with van der Waals surface area (Å²) in [5.41, 5.74) is 1.98. The first kappa shape index (κ1) is 15.1. The van der Waals surface area contributed by atoms with Crippen LogP contribution in [0.1, 0.15) is 24.8 Å². The van der Waals surface area contributed by atoms with Gasteiger partial charge in [0.25, 0.3) is 0 Å². The number of thiocarbonyl (C=S) groups is 1. The molecule has 0 bridgehead atoms. The molecule has 1 aromatic heterocycles. The van der Waals surface area contributed by atoms with Crippen molar-refractivity contribution in [2.75, 3.05) is 12.0 Å². The first-order valence-corrected chi connectivity index (χ1v) is 9.96. The van der Waals surface area contributed by atoms with E-state index in [2.05, 4.69) is 11.1 Å². The van der Waals surface area contributed by atoms with Crippen molar-refractivity contribution in [1.29, 1.82) is 0 Å². The summed E-state index contributed by atoms with van der Waals surface area (Å²) in [5.74, 6) is 0.730. The van der Waals surface area contributed by atoms with Gasteiger partial charge in [-0.25, -0.2) is 0 Å². The van der Waals surface area contributed by atoms with Crippen LogP contribution in [0, 0.1) is 0 Å². The zero-order chi connectivity index (χ0) is 14.9. The van der Waals surface area contributed by atoms with E-state index in [-0.39, 0.29) is 0 Å². The Labute approximate surface area is 137 Å². The third-order valence-electron chi connectivity index (χ3n) is 4.07. The number of nitrogens with zero attached hydrogens (tertiary/aromatic N) is 1. The molecule has 0 spiro atoms. The minimum Gasteiger partial charge on any atom is -0.258 e. The summed E-state index contributed by atoms with van der Waals surface area (Å²) in [5, 5.41) is 1.08. The Morgan fingerprint density at radius 1 is 1.38 bits per heavy atom. The molecule has 2 nitrogen and oxygen atoms in total. The van der Waals surface area contributed by atoms with Gasteiger partial charge in [0.1, 0.15) is 4.75 Å². The number of thioether (sulfide) groups is 1. The van der Waals surface area contributed by atoms with Gasteiger partial charge >= 0.3 is 0 Å². The van der Waals surface area contributed by atoms with Gasteiger partial charge in [0.2, 0.25) is 0 Å². The first-order valence-electron chi connectivity index (χ1n) is 7.00. The second-order valence-electron chi connectivity index (χ2n) is 5.24. The molecular formula is C16H17NOS3. The minimum absolute atomic E-state index is 0.510. The molecule has 1 aliphatic heterocycles. The second-order valence-corrected chi connectivity index (χ2v) is 8.52. The Kier molecular flexibility index (Phi) is 4.43. The molecule has 1 fully saturated rings. The van der Waals surface area contributed by atoms with Crippen LogP contribution < -0.4 is 0 Å². The van der Waals surface area contributed by atoms with Gasteiger partial charge in [0.05, 0.1) is 9.71 Å². The standard InChI is InChI=1S/C16H17NOS3/c1-20-15(19)16(8-4-5-9-21(16)18)13-10-12-6-2-3-7-14(12)17-11-13/h2-3,6-7,10-11H,4-5,8-9H2,1H3. The van der Waals surface area contributed by atoms with Gasteiger partial charge in [0.15, 0.2) is 0 Å². The molecule has 0 saturated carbocycles. The van der Waals surface area contributed by atoms with E-state index in [4.69, 9.17) is 12.2 Å². The number of rotatable bonds is 2. The lowest BCUT2D eigenvalue weighted by molar-refractivity contribution is 0.583. The molecule has 1 aliphatic rings. The molecule has 0 aliphatic carbocycles. The summed E-state index contributed by atoms with van der Waals surface area (Å²) in [4.78, 5) is 4.55. The van der Waals surface area contributed by atoms with Crippen LogP contribution in [-0.4, -0.2) is 25.4 Å². The molecule has 1 saturated heterocycles. The number of fused-ring (bicyclic) bond motifs is 1. The molecule has 21 heavy (non-hydrogen) atoms. The molecule has 110 valence electrons. The van der Waals surface area contributed by atoms with Crippen LogP contribution in [0.3, 0.4) is 0 Å². The van der Waals surface area contributed by atoms with Gasteiger partial charge in [-0.3, -0.25) is 9.19 Å². The van der Waals surface area contributed by atoms with E-state index < -0.39 is 15.5 Å². The maximum atomic E-state index is 12.8. The second kappa shape index (κ2) is 6.15. The van der Waals surface area contributed by atoms with Crippen LogP contribution >= 0.6 is 24.0 Å². The first-order chi connectivity index (χ1) is 10.2. The molecule has 2 heterocycles. The fourth-order valence-corrected chi connectivity index (χ4v) is 6.26. The van der Waals surface area contributed by atoms with E-state index in [1.165, 1.54) is 0 Å². The van der Waals surface area contributed by atoms with Gasteiger partial charge in [-0.2, -0.15) is 0 Å². The number of pyridine rings is 1. The van der Waals surface area contributed by atoms with Crippen molar-refractivity contribution in [3.05, 3.63) is 42.1 Å². The molecule has 0 N–H and O–H groups in total. The monoisotopic (exact) mass is 335 g/mol. The van der Waals surface area contributed by atoms with Crippen LogP contribution in [-0.2, 0) is 15.5 Å². The van der Waals surface area contributed by atoms with Crippen molar-refractivity contribution >= 4 is 49.9 Å². The number of aromatic nitrogens is 1. The molecule has 2 atom stereocenters. The lowest BCUT2D eigenvalue weighted by Gasteiger charge is -2.36. The Balaban J connectivity index is 2.18. The summed E-state index contributed by atoms with van der Waals surface area (Å²) in [6, 6.07) is 10.2. The third-order valence-corrected chi connectivity index (χ3v) is 7.98. The Morgan fingerprint density at radius 3 is 2.95 bits per heavy atom. The molecule has 2 unspecified atom stereocenters. The van der Waals surface area contributed by atoms with Crippen molar-refractivity contribution in [3.63, 3.8) is 0 Å². The van der Waals surface area contributed by atoms with E-state index in [9.17, 15) is 4.21 Å². The molecule has 0 amide bonds. The average Bonchev–Trinajstić information content (AvgIpc) is 2.54. The lowest BCUT2D eigenvalue weighted by Crippen LogP contribution is -2.41. The highest BCUT2D eigenvalue weighted by atomic mass is 32.2. The maximum absolute atomic E-state index is 12.8. The smallest absolute Gasteiger partial charge is 0.113 e. The van der Waals surface area contributed by atoms with E-state index in [0.717, 1.165) is 45.7 Å². The number of hydrogen-bond acceptors (Lipinski definition) is 4. The van der Waals surface area contributed by atoms with Crippen LogP contribution in [0.5, 0.6) is 0 Å². The van der Waals surface area contributed by atoms with E-state index in [1.54, 1.807) is 11.8 Å². The van der Waals surface area contributed by atoms with Crippen LogP contribution in [0.15, 0.2) is 36.5 Å². The number of benzene rings is 1. The molecule has 2 aromatic rings. The highest BCUT2D eigenvalue weighted by Gasteiger charge is 2.44. The quantitative estimate of drug-likeness (QED) is 0.775. The van der Waals surface area contributed by atoms with E-state index in [1.807, 2.05) is 36.7 Å². The van der Waals surface area contributed by atoms with Gasteiger partial charge < -0.3 is 0 Å². The van der Waals surface area contributed by atoms with Gasteiger partial charge in [-0.15, -0.1) is 11.8 Å². The number of para-hydroxylation sites is 1. The van der Waals surface area contributed by atoms with E-state index >= 15 is 0 Å². The van der Waals surface area contributed by atoms with Crippen molar-refractivity contribution in [3.8, 4) is 0 Å². The summed E-state index contributed by atoms with van der Waals surface area (Å²) < 4.78 is 13.2. The fraction of sp³-hybridized carbons (Fsp3) is 0.375. The van der Waals surface area contributed by atoms with Gasteiger partial charge in [-0.05, 0) is 36.8 Å². The third kappa shape index (κ3) is 2.56. The minimum atomic E-state index is -0.963. The largest absolute Gasteiger partial charge is 0.258 e. The predicted octanol–water partition coefficient (Wildman–Crippen LogP) is 4.05. The molecule has 3 rings (SSSR count). The summed E-state index contributed by atoms with van der Waals surface area (Å²) in [6.07, 6.45) is 6.80. The lowest BCUT2D eigenvalue weighted by atomic mass is 9.94. The summed E-state index contributed by atoms with van der Waals surface area (Å²) >= 11 is 7.16. The zero-order valence-corrected chi connectivity index (χ0v) is 14.3. The van der Waals surface area contributed by atoms with Crippen LogP contribution in [0.2, 0.25) is 0 Å². The van der Waals surface area contributed by atoms with Gasteiger partial charge in [0, 0.05) is 28.1 Å². The normalized spacial score (nSPS) is 25.9. The molecule has 5 heteroatoms. The number of hydrogen-bond donors (Lipinski definition) is 0. The van der Waals surface area contributed by atoms with E-state index in [0.29, 0.717) is 0 Å². The van der Waals surface area contributed by atoms with Crippen molar-refractivity contribution in [1.82, 2.24) is 4.98 Å². The SMILES string of the molecule is CSC(=S)C1(c2cnc3ccccc3c2)CCCCS1=O. The predicted molar refractivity (Wildman–Crippen MR) is 96.4 cm³/mol. The molecule has 1 aromatic carbocycles. The average molecular weight is 336 g/mol. The molecule has 0 radical (unpaired) electrons. The highest BCUT2D eigenvalue weighted by Crippen LogP contribution is 2.42. The summed E-state index contributed by atoms with van der Waals surface area (Å²) in [7, 11) is -0.963. The fourth-order valence-electron chi connectivity index (χ4n) is 2.94. The maximum Gasteiger partial charge on any atom is 0.113 e. The Hall–Kier alpha value is -0.780. The van der Waals surface area contributed by atoms with Crippen LogP contribution in [0.25, 0.3) is 10.9 Å². The van der Waals surface area contributed by atoms with Gasteiger partial charge in [-0.1, -0.05) is 36.8 Å². The summed E-state index contributed by atoms with van der Waals surface area (Å²) in [6.45, 7) is 0.